The fourth-order valence-electron chi connectivity index (χ4n) is 3.12. The van der Waals surface area contributed by atoms with Crippen molar-refractivity contribution < 1.29 is 15.0 Å². The second-order valence-corrected chi connectivity index (χ2v) is 5.91. The zero-order valence-electron chi connectivity index (χ0n) is 10.6. The molecule has 0 aromatic rings. The van der Waals surface area contributed by atoms with Crippen molar-refractivity contribution in [2.45, 2.75) is 52.6 Å². The molecule has 0 bridgehead atoms. The molecule has 2 N–H and O–H groups in total. The number of Topliss-reactive ketones (excluding diaryl/α,β-unsaturated/α-hetero) is 1. The van der Waals surface area contributed by atoms with Crippen molar-refractivity contribution in [2.75, 3.05) is 6.61 Å². The normalized spacial score (nSPS) is 31.4. The summed E-state index contributed by atoms with van der Waals surface area (Å²) < 4.78 is 0. The molecule has 1 aliphatic rings. The van der Waals surface area contributed by atoms with E-state index in [4.69, 9.17) is 5.11 Å². The first-order chi connectivity index (χ1) is 7.36. The summed E-state index contributed by atoms with van der Waals surface area (Å²) in [4.78, 5) is 11.5. The van der Waals surface area contributed by atoms with E-state index in [0.29, 0.717) is 36.9 Å². The number of hydrogen-bond donors (Lipinski definition) is 2. The molecule has 0 aliphatic heterocycles. The van der Waals surface area contributed by atoms with Crippen LogP contribution in [0.5, 0.6) is 0 Å². The molecule has 16 heavy (non-hydrogen) atoms. The SMILES string of the molecule is CC1CC(=O)CC(C)(C)C1CCC(O)CO. The molecule has 0 aromatic heterocycles. The lowest BCUT2D eigenvalue weighted by molar-refractivity contribution is -0.127. The van der Waals surface area contributed by atoms with Crippen LogP contribution in [0.1, 0.15) is 46.5 Å². The smallest absolute Gasteiger partial charge is 0.133 e. The Bertz CT molecular complexity index is 248. The van der Waals surface area contributed by atoms with Crippen LogP contribution in [-0.4, -0.2) is 28.7 Å². The van der Waals surface area contributed by atoms with Gasteiger partial charge in [-0.2, -0.15) is 0 Å². The second kappa shape index (κ2) is 5.28. The van der Waals surface area contributed by atoms with Crippen LogP contribution in [-0.2, 0) is 4.79 Å². The minimum Gasteiger partial charge on any atom is -0.394 e. The largest absolute Gasteiger partial charge is 0.394 e. The molecular weight excluding hydrogens is 204 g/mol. The van der Waals surface area contributed by atoms with Crippen molar-refractivity contribution in [3.63, 3.8) is 0 Å². The molecule has 0 radical (unpaired) electrons. The van der Waals surface area contributed by atoms with Gasteiger partial charge in [0.15, 0.2) is 0 Å². The molecule has 1 saturated carbocycles. The maximum atomic E-state index is 11.5. The van der Waals surface area contributed by atoms with E-state index in [2.05, 4.69) is 20.8 Å². The van der Waals surface area contributed by atoms with E-state index in [1.165, 1.54) is 0 Å². The minimum atomic E-state index is -0.611. The molecule has 0 heterocycles. The van der Waals surface area contributed by atoms with Gasteiger partial charge in [0.05, 0.1) is 12.7 Å². The van der Waals surface area contributed by atoms with Gasteiger partial charge >= 0.3 is 0 Å². The van der Waals surface area contributed by atoms with Gasteiger partial charge in [-0.15, -0.1) is 0 Å². The van der Waals surface area contributed by atoms with Crippen molar-refractivity contribution in [3.8, 4) is 0 Å². The van der Waals surface area contributed by atoms with Gasteiger partial charge in [-0.1, -0.05) is 20.8 Å². The Labute approximate surface area is 97.9 Å². The summed E-state index contributed by atoms with van der Waals surface area (Å²) in [5.41, 5.74) is 0.0317. The van der Waals surface area contributed by atoms with Gasteiger partial charge in [0.25, 0.3) is 0 Å². The highest BCUT2D eigenvalue weighted by molar-refractivity contribution is 5.80. The molecule has 1 fully saturated rings. The third-order valence-electron chi connectivity index (χ3n) is 3.91. The van der Waals surface area contributed by atoms with Crippen LogP contribution >= 0.6 is 0 Å². The first-order valence-corrected chi connectivity index (χ1v) is 6.17. The average Bonchev–Trinajstić information content (AvgIpc) is 2.14. The third kappa shape index (κ3) is 3.29. The monoisotopic (exact) mass is 228 g/mol. The van der Waals surface area contributed by atoms with E-state index in [-0.39, 0.29) is 12.0 Å². The first-order valence-electron chi connectivity index (χ1n) is 6.17. The van der Waals surface area contributed by atoms with Gasteiger partial charge in [0.1, 0.15) is 5.78 Å². The molecule has 1 rings (SSSR count). The topological polar surface area (TPSA) is 57.5 Å². The van der Waals surface area contributed by atoms with E-state index in [0.717, 1.165) is 6.42 Å². The predicted molar refractivity (Wildman–Crippen MR) is 63.0 cm³/mol. The lowest BCUT2D eigenvalue weighted by Crippen LogP contribution is -2.38. The van der Waals surface area contributed by atoms with E-state index in [1.54, 1.807) is 0 Å². The van der Waals surface area contributed by atoms with Crippen molar-refractivity contribution >= 4 is 5.78 Å². The van der Waals surface area contributed by atoms with Crippen molar-refractivity contribution in [2.24, 2.45) is 17.3 Å². The van der Waals surface area contributed by atoms with Gasteiger partial charge in [0.2, 0.25) is 0 Å². The molecule has 3 heteroatoms. The summed E-state index contributed by atoms with van der Waals surface area (Å²) in [5.74, 6) is 1.21. The molecule has 0 aromatic carbocycles. The number of carbonyl (C=O) groups is 1. The maximum Gasteiger partial charge on any atom is 0.133 e. The van der Waals surface area contributed by atoms with Gasteiger partial charge in [-0.3, -0.25) is 4.79 Å². The van der Waals surface area contributed by atoms with E-state index in [1.807, 2.05) is 0 Å². The van der Waals surface area contributed by atoms with E-state index < -0.39 is 6.10 Å². The van der Waals surface area contributed by atoms with Crippen LogP contribution in [0, 0.1) is 17.3 Å². The predicted octanol–water partition coefficient (Wildman–Crippen LogP) is 1.76. The first kappa shape index (κ1) is 13.7. The average molecular weight is 228 g/mol. The molecule has 3 nitrogen and oxygen atoms in total. The van der Waals surface area contributed by atoms with Crippen molar-refractivity contribution in [3.05, 3.63) is 0 Å². The Hall–Kier alpha value is -0.410. The number of aliphatic hydroxyl groups excluding tert-OH is 2. The summed E-state index contributed by atoms with van der Waals surface area (Å²) in [7, 11) is 0. The molecule has 0 spiro atoms. The molecular formula is C13H24O3. The zero-order chi connectivity index (χ0) is 12.3. The van der Waals surface area contributed by atoms with Gasteiger partial charge in [-0.05, 0) is 30.1 Å². The van der Waals surface area contributed by atoms with Crippen LogP contribution in [0.25, 0.3) is 0 Å². The summed E-state index contributed by atoms with van der Waals surface area (Å²) in [6.07, 6.45) is 2.23. The number of carbonyl (C=O) groups excluding carboxylic acids is 1. The minimum absolute atomic E-state index is 0.0317. The molecule has 1 aliphatic carbocycles. The van der Waals surface area contributed by atoms with Crippen LogP contribution in [0.15, 0.2) is 0 Å². The Kier molecular flexibility index (Phi) is 4.51. The number of rotatable bonds is 4. The number of ketones is 1. The van der Waals surface area contributed by atoms with Crippen molar-refractivity contribution in [1.82, 2.24) is 0 Å². The highest BCUT2D eigenvalue weighted by atomic mass is 16.3. The van der Waals surface area contributed by atoms with E-state index >= 15 is 0 Å². The Morgan fingerprint density at radius 2 is 2.12 bits per heavy atom. The van der Waals surface area contributed by atoms with Crippen molar-refractivity contribution in [1.29, 1.82) is 0 Å². The zero-order valence-corrected chi connectivity index (χ0v) is 10.6. The molecule has 94 valence electrons. The third-order valence-corrected chi connectivity index (χ3v) is 3.91. The van der Waals surface area contributed by atoms with Crippen LogP contribution < -0.4 is 0 Å². The molecule has 3 atom stereocenters. The molecule has 0 saturated heterocycles. The van der Waals surface area contributed by atoms with E-state index in [9.17, 15) is 9.90 Å². The highest BCUT2D eigenvalue weighted by Crippen LogP contribution is 2.44. The fraction of sp³-hybridized carbons (Fsp3) is 0.923. The lowest BCUT2D eigenvalue weighted by atomic mass is 9.62. The van der Waals surface area contributed by atoms with Crippen LogP contribution in [0.4, 0.5) is 0 Å². The Balaban J connectivity index is 2.58. The van der Waals surface area contributed by atoms with Gasteiger partial charge in [-0.25, -0.2) is 0 Å². The Morgan fingerprint density at radius 1 is 1.50 bits per heavy atom. The summed E-state index contributed by atoms with van der Waals surface area (Å²) in [6, 6.07) is 0. The maximum absolute atomic E-state index is 11.5. The number of hydrogen-bond acceptors (Lipinski definition) is 3. The van der Waals surface area contributed by atoms with Crippen LogP contribution in [0.2, 0.25) is 0 Å². The lowest BCUT2D eigenvalue weighted by Gasteiger charge is -2.42. The summed E-state index contributed by atoms with van der Waals surface area (Å²) in [6.45, 7) is 6.22. The summed E-state index contributed by atoms with van der Waals surface area (Å²) in [5, 5.41) is 18.2. The molecule has 0 amide bonds. The quantitative estimate of drug-likeness (QED) is 0.771. The summed E-state index contributed by atoms with van der Waals surface area (Å²) >= 11 is 0. The highest BCUT2D eigenvalue weighted by Gasteiger charge is 2.40. The second-order valence-electron chi connectivity index (χ2n) is 5.91. The van der Waals surface area contributed by atoms with Crippen LogP contribution in [0.3, 0.4) is 0 Å². The van der Waals surface area contributed by atoms with Gasteiger partial charge < -0.3 is 10.2 Å². The number of aliphatic hydroxyl groups is 2. The van der Waals surface area contributed by atoms with Gasteiger partial charge in [0, 0.05) is 12.8 Å². The molecule has 3 unspecified atom stereocenters. The standard InChI is InChI=1S/C13H24O3/c1-9-6-11(16)7-13(2,3)12(9)5-4-10(15)8-14/h9-10,12,14-15H,4-8H2,1-3H3. The fourth-order valence-corrected chi connectivity index (χ4v) is 3.12. The Morgan fingerprint density at radius 3 is 2.62 bits per heavy atom.